The van der Waals surface area contributed by atoms with Crippen molar-refractivity contribution >= 4 is 17.5 Å². The third-order valence-electron chi connectivity index (χ3n) is 4.01. The molecule has 0 bridgehead atoms. The van der Waals surface area contributed by atoms with Gasteiger partial charge >= 0.3 is 0 Å². The largest absolute Gasteiger partial charge is 0.395 e. The summed E-state index contributed by atoms with van der Waals surface area (Å²) in [7, 11) is 0. The van der Waals surface area contributed by atoms with Gasteiger partial charge in [-0.1, -0.05) is 36.9 Å². The monoisotopic (exact) mass is 299 g/mol. The van der Waals surface area contributed by atoms with E-state index in [1.54, 1.807) is 12.1 Å². The molecule has 5 heteroatoms. The number of aliphatic hydroxyl groups is 1. The lowest BCUT2D eigenvalue weighted by atomic mass is 9.68. The zero-order valence-electron chi connectivity index (χ0n) is 11.3. The Labute approximate surface area is 123 Å². The normalized spacial score (nSPS) is 17.8. The molecule has 1 aromatic rings. The summed E-state index contributed by atoms with van der Waals surface area (Å²) in [6.07, 6.45) is 4.48. The van der Waals surface area contributed by atoms with Crippen LogP contribution in [0.2, 0.25) is 5.02 Å². The van der Waals surface area contributed by atoms with E-state index in [2.05, 4.69) is 5.32 Å². The summed E-state index contributed by atoms with van der Waals surface area (Å²) in [5.74, 6) is -0.578. The Morgan fingerprint density at radius 1 is 1.35 bits per heavy atom. The lowest BCUT2D eigenvalue weighted by Crippen LogP contribution is -2.46. The molecule has 2 N–H and O–H groups in total. The van der Waals surface area contributed by atoms with Crippen LogP contribution in [-0.2, 0) is 10.2 Å². The van der Waals surface area contributed by atoms with E-state index >= 15 is 0 Å². The first-order chi connectivity index (χ1) is 9.60. The first-order valence-corrected chi connectivity index (χ1v) is 7.32. The second-order valence-electron chi connectivity index (χ2n) is 5.25. The Morgan fingerprint density at radius 3 is 2.65 bits per heavy atom. The van der Waals surface area contributed by atoms with Crippen molar-refractivity contribution in [2.45, 2.75) is 37.5 Å². The van der Waals surface area contributed by atoms with Gasteiger partial charge in [0, 0.05) is 6.54 Å². The van der Waals surface area contributed by atoms with Crippen LogP contribution in [0.15, 0.2) is 18.2 Å². The Kier molecular flexibility index (Phi) is 5.00. The number of nitrogens with one attached hydrogen (secondary N) is 1. The predicted octanol–water partition coefficient (Wildman–Crippen LogP) is 2.79. The molecule has 1 aliphatic carbocycles. The van der Waals surface area contributed by atoms with Crippen LogP contribution < -0.4 is 5.32 Å². The minimum Gasteiger partial charge on any atom is -0.395 e. The number of rotatable bonds is 4. The first kappa shape index (κ1) is 15.3. The van der Waals surface area contributed by atoms with Crippen molar-refractivity contribution < 1.29 is 14.3 Å². The Morgan fingerprint density at radius 2 is 2.05 bits per heavy atom. The second-order valence-corrected chi connectivity index (χ2v) is 5.66. The van der Waals surface area contributed by atoms with Gasteiger partial charge in [0.25, 0.3) is 0 Å². The fourth-order valence-electron chi connectivity index (χ4n) is 2.93. The molecule has 0 aromatic heterocycles. The lowest BCUT2D eigenvalue weighted by Gasteiger charge is -2.36. The highest BCUT2D eigenvalue weighted by Gasteiger charge is 2.41. The van der Waals surface area contributed by atoms with Crippen molar-refractivity contribution in [1.29, 1.82) is 0 Å². The molecule has 0 saturated heterocycles. The summed E-state index contributed by atoms with van der Waals surface area (Å²) in [6, 6.07) is 4.51. The van der Waals surface area contributed by atoms with Crippen LogP contribution >= 0.6 is 11.6 Å². The molecule has 1 saturated carbocycles. The molecule has 0 unspecified atom stereocenters. The number of carbonyl (C=O) groups is 1. The lowest BCUT2D eigenvalue weighted by molar-refractivity contribution is -0.128. The summed E-state index contributed by atoms with van der Waals surface area (Å²) >= 11 is 5.86. The summed E-state index contributed by atoms with van der Waals surface area (Å²) in [4.78, 5) is 12.5. The predicted molar refractivity (Wildman–Crippen MR) is 76.3 cm³/mol. The minimum atomic E-state index is -0.648. The van der Waals surface area contributed by atoms with Gasteiger partial charge in [-0.15, -0.1) is 0 Å². The number of hydrogen-bond acceptors (Lipinski definition) is 2. The average Bonchev–Trinajstić information content (AvgIpc) is 2.48. The molecule has 20 heavy (non-hydrogen) atoms. The molecular formula is C15H19ClFNO2. The highest BCUT2D eigenvalue weighted by Crippen LogP contribution is 2.40. The quantitative estimate of drug-likeness (QED) is 0.898. The van der Waals surface area contributed by atoms with Crippen molar-refractivity contribution in [2.24, 2.45) is 0 Å². The van der Waals surface area contributed by atoms with Crippen molar-refractivity contribution in [3.63, 3.8) is 0 Å². The maximum atomic E-state index is 13.3. The van der Waals surface area contributed by atoms with Gasteiger partial charge in [-0.05, 0) is 30.5 Å². The Balaban J connectivity index is 2.35. The van der Waals surface area contributed by atoms with Gasteiger partial charge < -0.3 is 10.4 Å². The Bertz CT molecular complexity index is 487. The van der Waals surface area contributed by atoms with Crippen molar-refractivity contribution in [3.05, 3.63) is 34.6 Å². The minimum absolute atomic E-state index is 0.0439. The summed E-state index contributed by atoms with van der Waals surface area (Å²) in [5.41, 5.74) is 0.115. The molecule has 0 aliphatic heterocycles. The van der Waals surface area contributed by atoms with E-state index in [9.17, 15) is 9.18 Å². The number of amides is 1. The SMILES string of the molecule is O=C(NCCO)C1(c2ccc(F)c(Cl)c2)CCCCC1. The van der Waals surface area contributed by atoms with Gasteiger partial charge in [0.2, 0.25) is 5.91 Å². The zero-order valence-corrected chi connectivity index (χ0v) is 12.0. The topological polar surface area (TPSA) is 49.3 Å². The van der Waals surface area contributed by atoms with Gasteiger partial charge in [-0.2, -0.15) is 0 Å². The smallest absolute Gasteiger partial charge is 0.230 e. The Hall–Kier alpha value is -1.13. The van der Waals surface area contributed by atoms with E-state index in [0.29, 0.717) is 0 Å². The molecule has 1 aromatic carbocycles. The zero-order chi connectivity index (χ0) is 14.6. The maximum absolute atomic E-state index is 13.3. The first-order valence-electron chi connectivity index (χ1n) is 6.95. The third kappa shape index (κ3) is 2.96. The van der Waals surface area contributed by atoms with Gasteiger partial charge in [-0.25, -0.2) is 4.39 Å². The van der Waals surface area contributed by atoms with E-state index in [0.717, 1.165) is 37.7 Å². The standard InChI is InChI=1S/C15H19ClFNO2/c16-12-10-11(4-5-13(12)17)15(6-2-1-3-7-15)14(20)18-8-9-19/h4-5,10,19H,1-3,6-9H2,(H,18,20). The van der Waals surface area contributed by atoms with Crippen LogP contribution in [0.5, 0.6) is 0 Å². The van der Waals surface area contributed by atoms with E-state index in [4.69, 9.17) is 16.7 Å². The molecule has 3 nitrogen and oxygen atoms in total. The highest BCUT2D eigenvalue weighted by atomic mass is 35.5. The molecule has 0 radical (unpaired) electrons. The van der Waals surface area contributed by atoms with Crippen molar-refractivity contribution in [1.82, 2.24) is 5.32 Å². The maximum Gasteiger partial charge on any atom is 0.230 e. The van der Waals surface area contributed by atoms with Crippen LogP contribution in [0.1, 0.15) is 37.7 Å². The van der Waals surface area contributed by atoms with E-state index < -0.39 is 11.2 Å². The van der Waals surface area contributed by atoms with Gasteiger partial charge in [-0.3, -0.25) is 4.79 Å². The summed E-state index contributed by atoms with van der Waals surface area (Å²) in [6.45, 7) is 0.140. The number of halogens is 2. The van der Waals surface area contributed by atoms with Crippen LogP contribution in [0.3, 0.4) is 0 Å². The highest BCUT2D eigenvalue weighted by molar-refractivity contribution is 6.30. The van der Waals surface area contributed by atoms with E-state index in [1.165, 1.54) is 6.07 Å². The summed E-state index contributed by atoms with van der Waals surface area (Å²) in [5, 5.41) is 11.7. The number of aliphatic hydroxyl groups excluding tert-OH is 1. The van der Waals surface area contributed by atoms with Crippen LogP contribution in [0.25, 0.3) is 0 Å². The van der Waals surface area contributed by atoms with Gasteiger partial charge in [0.1, 0.15) is 5.82 Å². The number of hydrogen-bond donors (Lipinski definition) is 2. The van der Waals surface area contributed by atoms with Crippen molar-refractivity contribution in [3.8, 4) is 0 Å². The van der Waals surface area contributed by atoms with E-state index in [-0.39, 0.29) is 24.1 Å². The molecule has 0 spiro atoms. The number of carbonyl (C=O) groups excluding carboxylic acids is 1. The molecule has 1 fully saturated rings. The molecule has 1 amide bonds. The third-order valence-corrected chi connectivity index (χ3v) is 4.30. The molecule has 0 heterocycles. The van der Waals surface area contributed by atoms with Crippen LogP contribution in [-0.4, -0.2) is 24.2 Å². The van der Waals surface area contributed by atoms with Gasteiger partial charge in [0.15, 0.2) is 0 Å². The molecule has 0 atom stereocenters. The molecular weight excluding hydrogens is 281 g/mol. The van der Waals surface area contributed by atoms with Crippen molar-refractivity contribution in [2.75, 3.05) is 13.2 Å². The second kappa shape index (κ2) is 6.55. The average molecular weight is 300 g/mol. The molecule has 2 rings (SSSR count). The van der Waals surface area contributed by atoms with E-state index in [1.807, 2.05) is 0 Å². The van der Waals surface area contributed by atoms with Crippen LogP contribution in [0, 0.1) is 5.82 Å². The number of benzene rings is 1. The van der Waals surface area contributed by atoms with Gasteiger partial charge in [0.05, 0.1) is 17.0 Å². The fourth-order valence-corrected chi connectivity index (χ4v) is 3.12. The fraction of sp³-hybridized carbons (Fsp3) is 0.533. The molecule has 110 valence electrons. The van der Waals surface area contributed by atoms with Crippen LogP contribution in [0.4, 0.5) is 4.39 Å². The molecule has 1 aliphatic rings. The summed E-state index contributed by atoms with van der Waals surface area (Å²) < 4.78 is 13.3.